The molecule has 0 aromatic carbocycles. The molecule has 1 N–H and O–H groups in total. The van der Waals surface area contributed by atoms with Crippen LogP contribution in [0.2, 0.25) is 0 Å². The number of pyridine rings is 1. The summed E-state index contributed by atoms with van der Waals surface area (Å²) < 4.78 is 34.9. The molecule has 0 unspecified atom stereocenters. The Morgan fingerprint density at radius 3 is 2.41 bits per heavy atom. The van der Waals surface area contributed by atoms with Gasteiger partial charge in [-0.05, 0) is 0 Å². The van der Waals surface area contributed by atoms with Crippen LogP contribution in [0.15, 0.2) is 6.20 Å². The summed E-state index contributed by atoms with van der Waals surface area (Å²) in [6.45, 7) is 0. The number of ether oxygens (including phenoxy) is 2. The van der Waals surface area contributed by atoms with Crippen LogP contribution in [0.25, 0.3) is 0 Å². The summed E-state index contributed by atoms with van der Waals surface area (Å²) in [4.78, 5) is 14.1. The first kappa shape index (κ1) is 13.1. The minimum Gasteiger partial charge on any atom is -0.492 e. The summed E-state index contributed by atoms with van der Waals surface area (Å²) in [7, 11) is 2.44. The van der Waals surface area contributed by atoms with Crippen molar-refractivity contribution in [2.24, 2.45) is 0 Å². The van der Waals surface area contributed by atoms with Crippen molar-refractivity contribution < 1.29 is 28.2 Å². The molecule has 1 aromatic rings. The van der Waals surface area contributed by atoms with E-state index in [1.165, 1.54) is 14.2 Å². The fourth-order valence-electron chi connectivity index (χ4n) is 1.39. The van der Waals surface area contributed by atoms with E-state index in [1.807, 2.05) is 0 Å². The Kier molecular flexibility index (Phi) is 4.19. The molecule has 5 nitrogen and oxygen atoms in total. The van der Waals surface area contributed by atoms with E-state index in [-0.39, 0.29) is 23.5 Å². The smallest absolute Gasteiger partial charge is 0.308 e. The summed E-state index contributed by atoms with van der Waals surface area (Å²) in [5.41, 5.74) is -0.389. The number of methoxy groups -OCH3 is 2. The molecule has 0 amide bonds. The molecule has 7 heteroatoms. The first-order valence-electron chi connectivity index (χ1n) is 4.61. The lowest BCUT2D eigenvalue weighted by atomic mass is 10.1. The molecular formula is C10H11F2NO4. The van der Waals surface area contributed by atoms with Crippen molar-refractivity contribution in [1.29, 1.82) is 0 Å². The van der Waals surface area contributed by atoms with Crippen molar-refractivity contribution in [3.8, 4) is 11.5 Å². The lowest BCUT2D eigenvalue weighted by Gasteiger charge is -2.14. The van der Waals surface area contributed by atoms with Crippen molar-refractivity contribution in [3.63, 3.8) is 0 Å². The van der Waals surface area contributed by atoms with Crippen molar-refractivity contribution in [1.82, 2.24) is 4.98 Å². The summed E-state index contributed by atoms with van der Waals surface area (Å²) in [5.74, 6) is -1.38. The van der Waals surface area contributed by atoms with Gasteiger partial charge in [-0.15, -0.1) is 0 Å². The molecule has 0 aliphatic rings. The molecule has 1 rings (SSSR count). The Labute approximate surface area is 96.0 Å². The number of carboxylic acids is 1. The van der Waals surface area contributed by atoms with E-state index in [1.54, 1.807) is 0 Å². The maximum absolute atomic E-state index is 12.6. The standard InChI is InChI=1S/C10H11F2NO4/c1-16-8-5(3-6(14)15)4-13-7(10(11)12)9(8)17-2/h4,10H,3H2,1-2H3,(H,14,15). The van der Waals surface area contributed by atoms with Gasteiger partial charge < -0.3 is 14.6 Å². The van der Waals surface area contributed by atoms with Gasteiger partial charge in [-0.3, -0.25) is 9.78 Å². The number of aromatic nitrogens is 1. The molecule has 0 fully saturated rings. The second-order valence-corrected chi connectivity index (χ2v) is 3.11. The maximum atomic E-state index is 12.6. The van der Waals surface area contributed by atoms with Crippen LogP contribution in [0.1, 0.15) is 17.7 Å². The largest absolute Gasteiger partial charge is 0.492 e. The van der Waals surface area contributed by atoms with Crippen molar-refractivity contribution >= 4 is 5.97 Å². The molecule has 0 atom stereocenters. The van der Waals surface area contributed by atoms with E-state index in [2.05, 4.69) is 4.98 Å². The quantitative estimate of drug-likeness (QED) is 0.857. The zero-order valence-corrected chi connectivity index (χ0v) is 9.24. The van der Waals surface area contributed by atoms with E-state index in [0.717, 1.165) is 6.20 Å². The van der Waals surface area contributed by atoms with Gasteiger partial charge in [-0.25, -0.2) is 8.78 Å². The molecule has 0 spiro atoms. The number of carboxylic acid groups (broad SMARTS) is 1. The number of hydrogen-bond donors (Lipinski definition) is 1. The molecule has 0 aliphatic carbocycles. The number of hydrogen-bond acceptors (Lipinski definition) is 4. The van der Waals surface area contributed by atoms with Gasteiger partial charge in [-0.1, -0.05) is 0 Å². The molecular weight excluding hydrogens is 236 g/mol. The predicted octanol–water partition coefficient (Wildman–Crippen LogP) is 1.66. The Balaban J connectivity index is 3.32. The Bertz CT molecular complexity index is 423. The first-order chi connectivity index (χ1) is 8.01. The Morgan fingerprint density at radius 2 is 2.00 bits per heavy atom. The molecule has 0 radical (unpaired) electrons. The highest BCUT2D eigenvalue weighted by molar-refractivity contribution is 5.72. The fourth-order valence-corrected chi connectivity index (χ4v) is 1.39. The topological polar surface area (TPSA) is 68.7 Å². The zero-order valence-electron chi connectivity index (χ0n) is 9.24. The Hall–Kier alpha value is -1.92. The van der Waals surface area contributed by atoms with E-state index < -0.39 is 18.1 Å². The lowest BCUT2D eigenvalue weighted by molar-refractivity contribution is -0.136. The second-order valence-electron chi connectivity index (χ2n) is 3.11. The number of rotatable bonds is 5. The summed E-state index contributed by atoms with van der Waals surface area (Å²) >= 11 is 0. The minimum atomic E-state index is -2.82. The molecule has 17 heavy (non-hydrogen) atoms. The molecule has 0 saturated carbocycles. The van der Waals surface area contributed by atoms with Gasteiger partial charge in [0.2, 0.25) is 0 Å². The van der Waals surface area contributed by atoms with Crippen LogP contribution < -0.4 is 9.47 Å². The minimum absolute atomic E-state index is 0.0276. The zero-order chi connectivity index (χ0) is 13.0. The van der Waals surface area contributed by atoms with Crippen LogP contribution >= 0.6 is 0 Å². The number of nitrogens with zero attached hydrogens (tertiary/aromatic N) is 1. The third kappa shape index (κ3) is 2.80. The average Bonchev–Trinajstić information content (AvgIpc) is 2.26. The number of aliphatic carboxylic acids is 1. The average molecular weight is 247 g/mol. The Morgan fingerprint density at radius 1 is 1.41 bits per heavy atom. The third-order valence-electron chi connectivity index (χ3n) is 2.05. The van der Waals surface area contributed by atoms with Crippen LogP contribution in [0, 0.1) is 0 Å². The van der Waals surface area contributed by atoms with Crippen molar-refractivity contribution in [2.45, 2.75) is 12.8 Å². The molecule has 1 heterocycles. The van der Waals surface area contributed by atoms with Crippen LogP contribution in [0.5, 0.6) is 11.5 Å². The van der Waals surface area contributed by atoms with Gasteiger partial charge in [0.05, 0.1) is 20.6 Å². The number of carbonyl (C=O) groups is 1. The van der Waals surface area contributed by atoms with Gasteiger partial charge in [0.25, 0.3) is 6.43 Å². The van der Waals surface area contributed by atoms with Crippen LogP contribution in [-0.4, -0.2) is 30.3 Å². The summed E-state index contributed by atoms with van der Waals surface area (Å²) in [6, 6.07) is 0. The third-order valence-corrected chi connectivity index (χ3v) is 2.05. The van der Waals surface area contributed by atoms with Gasteiger partial charge >= 0.3 is 5.97 Å². The van der Waals surface area contributed by atoms with Crippen molar-refractivity contribution in [2.75, 3.05) is 14.2 Å². The van der Waals surface area contributed by atoms with Gasteiger partial charge in [0.1, 0.15) is 0 Å². The number of halogens is 2. The molecule has 0 aliphatic heterocycles. The highest BCUT2D eigenvalue weighted by Crippen LogP contribution is 2.37. The van der Waals surface area contributed by atoms with Crippen molar-refractivity contribution in [3.05, 3.63) is 17.5 Å². The van der Waals surface area contributed by atoms with Gasteiger partial charge in [0.15, 0.2) is 17.2 Å². The van der Waals surface area contributed by atoms with E-state index in [9.17, 15) is 13.6 Å². The van der Waals surface area contributed by atoms with E-state index in [4.69, 9.17) is 14.6 Å². The number of alkyl halides is 2. The molecule has 0 saturated heterocycles. The highest BCUT2D eigenvalue weighted by atomic mass is 19.3. The highest BCUT2D eigenvalue weighted by Gasteiger charge is 2.23. The van der Waals surface area contributed by atoms with Gasteiger partial charge in [0, 0.05) is 11.8 Å². The van der Waals surface area contributed by atoms with Crippen LogP contribution in [0.3, 0.4) is 0 Å². The van der Waals surface area contributed by atoms with Gasteiger partial charge in [-0.2, -0.15) is 0 Å². The normalized spacial score (nSPS) is 10.4. The molecule has 0 bridgehead atoms. The summed E-state index contributed by atoms with van der Waals surface area (Å²) in [5, 5.41) is 8.66. The monoisotopic (exact) mass is 247 g/mol. The summed E-state index contributed by atoms with van der Waals surface area (Å²) in [6.07, 6.45) is -2.15. The predicted molar refractivity (Wildman–Crippen MR) is 53.6 cm³/mol. The second kappa shape index (κ2) is 5.42. The molecule has 94 valence electrons. The van der Waals surface area contributed by atoms with E-state index in [0.29, 0.717) is 0 Å². The molecule has 1 aromatic heterocycles. The fraction of sp³-hybridized carbons (Fsp3) is 0.400. The van der Waals surface area contributed by atoms with Crippen LogP contribution in [0.4, 0.5) is 8.78 Å². The SMILES string of the molecule is COc1c(CC(=O)O)cnc(C(F)F)c1OC. The van der Waals surface area contributed by atoms with E-state index >= 15 is 0 Å². The van der Waals surface area contributed by atoms with Crippen LogP contribution in [-0.2, 0) is 11.2 Å². The maximum Gasteiger partial charge on any atom is 0.308 e. The first-order valence-corrected chi connectivity index (χ1v) is 4.61. The lowest BCUT2D eigenvalue weighted by Crippen LogP contribution is -2.07.